The largest absolute Gasteiger partial charge is 0.495 e. The minimum atomic E-state index is -0.127. The molecule has 0 fully saturated rings. The summed E-state index contributed by atoms with van der Waals surface area (Å²) in [5, 5.41) is 3.12. The Morgan fingerprint density at radius 3 is 2.78 bits per heavy atom. The van der Waals surface area contributed by atoms with Crippen molar-refractivity contribution in [1.82, 2.24) is 9.97 Å². The van der Waals surface area contributed by atoms with Crippen molar-refractivity contribution in [3.05, 3.63) is 72.1 Å². The highest BCUT2D eigenvalue weighted by molar-refractivity contribution is 6.06. The minimum absolute atomic E-state index is 0.0930. The van der Waals surface area contributed by atoms with E-state index in [9.17, 15) is 4.79 Å². The van der Waals surface area contributed by atoms with E-state index in [4.69, 9.17) is 4.74 Å². The van der Waals surface area contributed by atoms with Crippen LogP contribution in [-0.2, 0) is 6.42 Å². The monoisotopic (exact) mass is 360 g/mol. The Morgan fingerprint density at radius 1 is 1.15 bits per heavy atom. The first kappa shape index (κ1) is 17.0. The third-order valence-electron chi connectivity index (χ3n) is 4.65. The van der Waals surface area contributed by atoms with Gasteiger partial charge in [0.25, 0.3) is 5.91 Å². The number of methoxy groups -OCH3 is 1. The van der Waals surface area contributed by atoms with Crippen LogP contribution in [0.4, 0.5) is 17.3 Å². The van der Waals surface area contributed by atoms with Gasteiger partial charge in [-0.05, 0) is 43.2 Å². The van der Waals surface area contributed by atoms with Crippen LogP contribution in [-0.4, -0.2) is 29.0 Å². The molecule has 0 spiro atoms. The van der Waals surface area contributed by atoms with E-state index in [1.807, 2.05) is 54.3 Å². The number of rotatable bonds is 4. The van der Waals surface area contributed by atoms with E-state index in [2.05, 4.69) is 21.4 Å². The Hall–Kier alpha value is -3.41. The lowest BCUT2D eigenvalue weighted by Crippen LogP contribution is -2.36. The normalized spacial score (nSPS) is 15.3. The first-order valence-corrected chi connectivity index (χ1v) is 8.82. The Bertz CT molecular complexity index is 989. The number of fused-ring (bicyclic) bond motifs is 1. The maximum atomic E-state index is 13.1. The van der Waals surface area contributed by atoms with E-state index in [0.29, 0.717) is 17.4 Å². The van der Waals surface area contributed by atoms with Crippen molar-refractivity contribution >= 4 is 23.2 Å². The van der Waals surface area contributed by atoms with E-state index in [1.54, 1.807) is 19.4 Å². The van der Waals surface area contributed by atoms with Crippen molar-refractivity contribution in [2.45, 2.75) is 19.4 Å². The van der Waals surface area contributed by atoms with E-state index in [1.165, 1.54) is 5.56 Å². The summed E-state index contributed by atoms with van der Waals surface area (Å²) < 4.78 is 5.34. The molecule has 6 nitrogen and oxygen atoms in total. The molecule has 0 radical (unpaired) electrons. The third kappa shape index (κ3) is 3.21. The molecule has 2 heterocycles. The van der Waals surface area contributed by atoms with Gasteiger partial charge in [-0.15, -0.1) is 0 Å². The summed E-state index contributed by atoms with van der Waals surface area (Å²) in [6.45, 7) is 2.05. The molecule has 136 valence electrons. The molecule has 27 heavy (non-hydrogen) atoms. The molecule has 1 aliphatic heterocycles. The molecular formula is C21H20N4O2. The average Bonchev–Trinajstić information content (AvgIpc) is 3.03. The van der Waals surface area contributed by atoms with Crippen LogP contribution in [0, 0.1) is 0 Å². The molecule has 3 aromatic rings. The van der Waals surface area contributed by atoms with Crippen molar-refractivity contribution in [1.29, 1.82) is 0 Å². The number of hydrogen-bond donors (Lipinski definition) is 1. The number of benzene rings is 2. The average molecular weight is 360 g/mol. The molecule has 1 aromatic heterocycles. The van der Waals surface area contributed by atoms with E-state index in [0.717, 1.165) is 17.8 Å². The number of aromatic nitrogens is 2. The fourth-order valence-electron chi connectivity index (χ4n) is 3.40. The molecule has 0 aliphatic carbocycles. The number of nitrogens with one attached hydrogen (secondary N) is 1. The van der Waals surface area contributed by atoms with Crippen LogP contribution >= 0.6 is 0 Å². The number of carbonyl (C=O) groups is 1. The Balaban J connectivity index is 1.62. The van der Waals surface area contributed by atoms with Crippen molar-refractivity contribution < 1.29 is 9.53 Å². The zero-order chi connectivity index (χ0) is 18.8. The molecule has 1 aliphatic rings. The van der Waals surface area contributed by atoms with Gasteiger partial charge in [0.1, 0.15) is 11.4 Å². The van der Waals surface area contributed by atoms with Crippen LogP contribution in [0.1, 0.15) is 23.0 Å². The third-order valence-corrected chi connectivity index (χ3v) is 4.65. The zero-order valence-electron chi connectivity index (χ0n) is 15.2. The summed E-state index contributed by atoms with van der Waals surface area (Å²) in [4.78, 5) is 23.6. The van der Waals surface area contributed by atoms with Gasteiger partial charge < -0.3 is 15.0 Å². The fourth-order valence-corrected chi connectivity index (χ4v) is 3.40. The second-order valence-corrected chi connectivity index (χ2v) is 6.45. The summed E-state index contributed by atoms with van der Waals surface area (Å²) in [7, 11) is 1.60. The van der Waals surface area contributed by atoms with Crippen molar-refractivity contribution in [2.75, 3.05) is 17.3 Å². The number of nitrogens with zero attached hydrogens (tertiary/aromatic N) is 3. The molecule has 0 saturated carbocycles. The number of para-hydroxylation sites is 3. The highest BCUT2D eigenvalue weighted by atomic mass is 16.5. The van der Waals surface area contributed by atoms with Gasteiger partial charge in [0.2, 0.25) is 5.95 Å². The lowest BCUT2D eigenvalue weighted by molar-refractivity contribution is 0.0976. The smallest absolute Gasteiger partial charge is 0.277 e. The summed E-state index contributed by atoms with van der Waals surface area (Å²) in [5.74, 6) is 0.906. The van der Waals surface area contributed by atoms with Gasteiger partial charge in [-0.2, -0.15) is 0 Å². The number of hydrogen-bond acceptors (Lipinski definition) is 5. The summed E-state index contributed by atoms with van der Waals surface area (Å²) in [6, 6.07) is 17.2. The SMILES string of the molecule is COc1ccccc1Nc1nccc(C(=O)N2c3ccccc3CC2C)n1. The van der Waals surface area contributed by atoms with Gasteiger partial charge in [-0.25, -0.2) is 9.97 Å². The summed E-state index contributed by atoms with van der Waals surface area (Å²) in [6.07, 6.45) is 2.43. The van der Waals surface area contributed by atoms with Crippen LogP contribution < -0.4 is 15.0 Å². The highest BCUT2D eigenvalue weighted by Crippen LogP contribution is 2.33. The molecule has 0 saturated heterocycles. The molecular weight excluding hydrogens is 340 g/mol. The first-order chi connectivity index (χ1) is 13.2. The number of amides is 1. The zero-order valence-corrected chi connectivity index (χ0v) is 15.2. The molecule has 1 atom stereocenters. The lowest BCUT2D eigenvalue weighted by Gasteiger charge is -2.22. The van der Waals surface area contributed by atoms with Crippen molar-refractivity contribution in [3.63, 3.8) is 0 Å². The maximum absolute atomic E-state index is 13.1. The highest BCUT2D eigenvalue weighted by Gasteiger charge is 2.32. The molecule has 1 amide bonds. The lowest BCUT2D eigenvalue weighted by atomic mass is 10.1. The van der Waals surface area contributed by atoms with Crippen LogP contribution in [0.5, 0.6) is 5.75 Å². The predicted molar refractivity (Wildman–Crippen MR) is 105 cm³/mol. The van der Waals surface area contributed by atoms with Crippen molar-refractivity contribution in [3.8, 4) is 5.75 Å². The minimum Gasteiger partial charge on any atom is -0.495 e. The second-order valence-electron chi connectivity index (χ2n) is 6.45. The van der Waals surface area contributed by atoms with Crippen molar-refractivity contribution in [2.24, 2.45) is 0 Å². The second kappa shape index (κ2) is 7.07. The van der Waals surface area contributed by atoms with Gasteiger partial charge in [0, 0.05) is 17.9 Å². The first-order valence-electron chi connectivity index (χ1n) is 8.82. The van der Waals surface area contributed by atoms with Gasteiger partial charge in [0.15, 0.2) is 0 Å². The van der Waals surface area contributed by atoms with Gasteiger partial charge >= 0.3 is 0 Å². The Morgan fingerprint density at radius 2 is 1.93 bits per heavy atom. The number of carbonyl (C=O) groups excluding carboxylic acids is 1. The molecule has 1 unspecified atom stereocenters. The van der Waals surface area contributed by atoms with E-state index < -0.39 is 0 Å². The summed E-state index contributed by atoms with van der Waals surface area (Å²) in [5.41, 5.74) is 3.23. The van der Waals surface area contributed by atoms with Crippen LogP contribution in [0.3, 0.4) is 0 Å². The van der Waals surface area contributed by atoms with Gasteiger partial charge in [-0.1, -0.05) is 30.3 Å². The van der Waals surface area contributed by atoms with E-state index >= 15 is 0 Å². The summed E-state index contributed by atoms with van der Waals surface area (Å²) >= 11 is 0. The quantitative estimate of drug-likeness (QED) is 0.766. The van der Waals surface area contributed by atoms with Gasteiger partial charge in [0.05, 0.1) is 12.8 Å². The molecule has 1 N–H and O–H groups in total. The number of ether oxygens (including phenoxy) is 1. The van der Waals surface area contributed by atoms with Crippen LogP contribution in [0.25, 0.3) is 0 Å². The standard InChI is InChI=1S/C21H20N4O2/c1-14-13-15-7-3-5-9-18(15)25(14)20(26)17-11-12-22-21(24-17)23-16-8-4-6-10-19(16)27-2/h3-12,14H,13H2,1-2H3,(H,22,23,24). The van der Waals surface area contributed by atoms with Gasteiger partial charge in [-0.3, -0.25) is 4.79 Å². The van der Waals surface area contributed by atoms with Crippen LogP contribution in [0.2, 0.25) is 0 Å². The van der Waals surface area contributed by atoms with E-state index in [-0.39, 0.29) is 11.9 Å². The Labute approximate surface area is 157 Å². The Kier molecular flexibility index (Phi) is 4.46. The van der Waals surface area contributed by atoms with Crippen LogP contribution in [0.15, 0.2) is 60.8 Å². The molecule has 2 aromatic carbocycles. The topological polar surface area (TPSA) is 67.3 Å². The fraction of sp³-hybridized carbons (Fsp3) is 0.190. The number of anilines is 3. The molecule has 4 rings (SSSR count). The predicted octanol–water partition coefficient (Wildman–Crippen LogP) is 3.82. The maximum Gasteiger partial charge on any atom is 0.277 e. The molecule has 0 bridgehead atoms. The molecule has 6 heteroatoms.